The third kappa shape index (κ3) is 3.53. The summed E-state index contributed by atoms with van der Waals surface area (Å²) in [5.74, 6) is 0.637. The summed E-state index contributed by atoms with van der Waals surface area (Å²) in [4.78, 5) is 21.9. The molecule has 0 radical (unpaired) electrons. The Balaban J connectivity index is 1.39. The van der Waals surface area contributed by atoms with E-state index in [1.807, 2.05) is 0 Å². The number of likely N-dealkylation sites (tertiary alicyclic amines) is 1. The Labute approximate surface area is 157 Å². The van der Waals surface area contributed by atoms with Gasteiger partial charge in [-0.25, -0.2) is 4.79 Å². The quantitative estimate of drug-likeness (QED) is 0.737. The van der Waals surface area contributed by atoms with E-state index >= 15 is 0 Å². The second kappa shape index (κ2) is 6.95. The van der Waals surface area contributed by atoms with Gasteiger partial charge in [0.2, 0.25) is 11.7 Å². The number of pyridine rings is 1. The lowest BCUT2D eigenvalue weighted by atomic mass is 10.0. The van der Waals surface area contributed by atoms with Gasteiger partial charge in [0, 0.05) is 31.0 Å². The molecule has 144 valence electrons. The lowest BCUT2D eigenvalue weighted by Gasteiger charge is -2.37. The van der Waals surface area contributed by atoms with Gasteiger partial charge in [0.05, 0.1) is 17.2 Å². The fraction of sp³-hybridized carbons (Fsp3) is 0.222. The first kappa shape index (κ1) is 18.0. The molecule has 0 unspecified atom stereocenters. The van der Waals surface area contributed by atoms with Crippen molar-refractivity contribution in [3.63, 3.8) is 0 Å². The molecular weight excluding hydrogens is 375 g/mol. The van der Waals surface area contributed by atoms with Crippen LogP contribution >= 0.6 is 0 Å². The summed E-state index contributed by atoms with van der Waals surface area (Å²) in [6.07, 6.45) is -1.33. The van der Waals surface area contributed by atoms with Crippen molar-refractivity contribution < 1.29 is 22.5 Å². The Morgan fingerprint density at radius 3 is 2.57 bits per heavy atom. The van der Waals surface area contributed by atoms with Crippen LogP contribution in [0, 0.1) is 0 Å². The van der Waals surface area contributed by atoms with E-state index in [0.29, 0.717) is 11.7 Å². The first-order chi connectivity index (χ1) is 13.4. The number of urea groups is 1. The molecule has 0 saturated carbocycles. The van der Waals surface area contributed by atoms with Crippen molar-refractivity contribution in [1.82, 2.24) is 20.0 Å². The van der Waals surface area contributed by atoms with Crippen LogP contribution in [0.15, 0.2) is 53.3 Å². The van der Waals surface area contributed by atoms with Crippen LogP contribution in [0.4, 0.5) is 23.7 Å². The normalized spacial score (nSPS) is 14.6. The summed E-state index contributed by atoms with van der Waals surface area (Å²) in [5, 5.41) is 6.22. The summed E-state index contributed by atoms with van der Waals surface area (Å²) < 4.78 is 44.3. The van der Waals surface area contributed by atoms with E-state index in [1.54, 1.807) is 24.5 Å². The van der Waals surface area contributed by atoms with Gasteiger partial charge in [-0.1, -0.05) is 17.3 Å². The first-order valence-corrected chi connectivity index (χ1v) is 8.38. The summed E-state index contributed by atoms with van der Waals surface area (Å²) >= 11 is 0. The van der Waals surface area contributed by atoms with E-state index in [0.717, 1.165) is 11.6 Å². The predicted octanol–water partition coefficient (Wildman–Crippen LogP) is 3.78. The zero-order chi connectivity index (χ0) is 19.7. The fourth-order valence-corrected chi connectivity index (χ4v) is 2.85. The maximum atomic E-state index is 13.0. The van der Waals surface area contributed by atoms with E-state index in [9.17, 15) is 18.0 Å². The number of hydrogen-bond acceptors (Lipinski definition) is 5. The molecule has 7 nitrogen and oxygen atoms in total. The van der Waals surface area contributed by atoms with Gasteiger partial charge in [-0.05, 0) is 24.3 Å². The van der Waals surface area contributed by atoms with Gasteiger partial charge in [0.25, 0.3) is 0 Å². The van der Waals surface area contributed by atoms with Crippen molar-refractivity contribution in [2.24, 2.45) is 0 Å². The van der Waals surface area contributed by atoms with Gasteiger partial charge in [-0.2, -0.15) is 18.2 Å². The highest BCUT2D eigenvalue weighted by molar-refractivity contribution is 5.91. The van der Waals surface area contributed by atoms with E-state index < -0.39 is 17.8 Å². The predicted molar refractivity (Wildman–Crippen MR) is 92.3 cm³/mol. The number of carbonyl (C=O) groups is 1. The van der Waals surface area contributed by atoms with E-state index in [-0.39, 0.29) is 24.7 Å². The Bertz CT molecular complexity index is 984. The highest BCUT2D eigenvalue weighted by Gasteiger charge is 2.37. The molecule has 1 aromatic carbocycles. The highest BCUT2D eigenvalue weighted by atomic mass is 19.4. The van der Waals surface area contributed by atoms with Crippen molar-refractivity contribution in [2.45, 2.75) is 12.1 Å². The summed E-state index contributed by atoms with van der Waals surface area (Å²) in [6.45, 7) is 0.552. The zero-order valence-electron chi connectivity index (χ0n) is 14.3. The van der Waals surface area contributed by atoms with Crippen molar-refractivity contribution in [3.8, 4) is 11.4 Å². The van der Waals surface area contributed by atoms with Gasteiger partial charge in [0.1, 0.15) is 0 Å². The number of rotatable bonds is 3. The molecule has 0 spiro atoms. The van der Waals surface area contributed by atoms with Crippen LogP contribution in [0.5, 0.6) is 0 Å². The number of benzene rings is 1. The second-order valence-electron chi connectivity index (χ2n) is 6.27. The smallest absolute Gasteiger partial charge is 0.339 e. The largest absolute Gasteiger partial charge is 0.418 e. The molecule has 0 atom stereocenters. The van der Waals surface area contributed by atoms with Gasteiger partial charge in [0.15, 0.2) is 0 Å². The van der Waals surface area contributed by atoms with Crippen LogP contribution in [-0.4, -0.2) is 39.1 Å². The lowest BCUT2D eigenvalue weighted by Crippen LogP contribution is -2.50. The molecule has 1 aliphatic rings. The van der Waals surface area contributed by atoms with Gasteiger partial charge >= 0.3 is 12.2 Å². The fourth-order valence-electron chi connectivity index (χ4n) is 2.85. The molecule has 0 aliphatic carbocycles. The molecule has 2 aromatic heterocycles. The van der Waals surface area contributed by atoms with Crippen molar-refractivity contribution in [1.29, 1.82) is 0 Å². The summed E-state index contributed by atoms with van der Waals surface area (Å²) in [5.41, 5.74) is -0.414. The van der Waals surface area contributed by atoms with E-state index in [1.165, 1.54) is 23.1 Å². The highest BCUT2D eigenvalue weighted by Crippen LogP contribution is 2.35. The van der Waals surface area contributed by atoms with Crippen molar-refractivity contribution in [2.75, 3.05) is 18.4 Å². The zero-order valence-corrected chi connectivity index (χ0v) is 14.3. The topological polar surface area (TPSA) is 84.2 Å². The number of para-hydroxylation sites is 1. The summed E-state index contributed by atoms with van der Waals surface area (Å²) in [7, 11) is 0. The molecule has 3 aromatic rings. The van der Waals surface area contributed by atoms with Crippen LogP contribution in [-0.2, 0) is 6.18 Å². The van der Waals surface area contributed by atoms with Crippen molar-refractivity contribution >= 4 is 11.7 Å². The van der Waals surface area contributed by atoms with Crippen LogP contribution in [0.25, 0.3) is 11.4 Å². The number of alkyl halides is 3. The molecular formula is C18H14F3N5O2. The van der Waals surface area contributed by atoms with Crippen LogP contribution in [0.2, 0.25) is 0 Å². The Morgan fingerprint density at radius 2 is 1.86 bits per heavy atom. The molecule has 10 heteroatoms. The number of halogens is 3. The second-order valence-corrected chi connectivity index (χ2v) is 6.27. The maximum absolute atomic E-state index is 13.0. The van der Waals surface area contributed by atoms with Crippen LogP contribution < -0.4 is 5.32 Å². The molecule has 2 amide bonds. The van der Waals surface area contributed by atoms with Crippen LogP contribution in [0.3, 0.4) is 0 Å². The number of carbonyl (C=O) groups excluding carboxylic acids is 1. The minimum atomic E-state index is -4.55. The number of aromatic nitrogens is 3. The van der Waals surface area contributed by atoms with Crippen LogP contribution in [0.1, 0.15) is 17.4 Å². The molecule has 1 N–H and O–H groups in total. The Kier molecular flexibility index (Phi) is 4.46. The van der Waals surface area contributed by atoms with E-state index in [4.69, 9.17) is 4.52 Å². The Morgan fingerprint density at radius 1 is 1.14 bits per heavy atom. The number of nitrogens with zero attached hydrogens (tertiary/aromatic N) is 4. The molecule has 0 bridgehead atoms. The molecule has 4 rings (SSSR count). The molecule has 1 fully saturated rings. The number of amides is 2. The average Bonchev–Trinajstić information content (AvgIpc) is 3.10. The Hall–Kier alpha value is -3.43. The molecule has 3 heterocycles. The molecule has 1 aliphatic heterocycles. The van der Waals surface area contributed by atoms with E-state index in [2.05, 4.69) is 20.4 Å². The maximum Gasteiger partial charge on any atom is 0.418 e. The minimum Gasteiger partial charge on any atom is -0.339 e. The minimum absolute atomic E-state index is 0.160. The van der Waals surface area contributed by atoms with Gasteiger partial charge < -0.3 is 14.7 Å². The standard InChI is InChI=1S/C18H14F3N5O2/c19-18(20,21)13-3-1-2-4-14(13)23-17(27)26-9-12(10-26)16-24-15(25-28-16)11-5-7-22-8-6-11/h1-8,12H,9-10H2,(H,23,27). The molecule has 1 saturated heterocycles. The number of nitrogens with one attached hydrogen (secondary N) is 1. The lowest BCUT2D eigenvalue weighted by molar-refractivity contribution is -0.136. The molecule has 28 heavy (non-hydrogen) atoms. The third-order valence-electron chi connectivity index (χ3n) is 4.37. The van der Waals surface area contributed by atoms with Gasteiger partial charge in [-0.15, -0.1) is 0 Å². The summed E-state index contributed by atoms with van der Waals surface area (Å²) in [6, 6.07) is 7.73. The number of anilines is 1. The monoisotopic (exact) mass is 389 g/mol. The third-order valence-corrected chi connectivity index (χ3v) is 4.37. The average molecular weight is 389 g/mol. The first-order valence-electron chi connectivity index (χ1n) is 8.38. The van der Waals surface area contributed by atoms with Gasteiger partial charge in [-0.3, -0.25) is 4.98 Å². The SMILES string of the molecule is O=C(Nc1ccccc1C(F)(F)F)N1CC(c2nc(-c3ccncc3)no2)C1. The number of hydrogen-bond donors (Lipinski definition) is 1. The van der Waals surface area contributed by atoms with Crippen molar-refractivity contribution in [3.05, 3.63) is 60.2 Å².